The Kier molecular flexibility index (Phi) is 4.59. The topological polar surface area (TPSA) is 85.1 Å². The van der Waals surface area contributed by atoms with E-state index in [4.69, 9.17) is 0 Å². The number of amides is 1. The number of thiazole rings is 1. The number of nitrogens with zero attached hydrogens (tertiary/aromatic N) is 2. The van der Waals surface area contributed by atoms with E-state index in [-0.39, 0.29) is 11.5 Å². The maximum Gasteiger partial charge on any atom is 0.304 e. The van der Waals surface area contributed by atoms with Gasteiger partial charge in [-0.25, -0.2) is 4.98 Å². The maximum atomic E-state index is 13.5. The summed E-state index contributed by atoms with van der Waals surface area (Å²) in [6.45, 7) is 2.26. The SMILES string of the molecule is CC(CNC(=O)c1ccc([N+](=O)[O-])c(F)c1)c1nccs1. The number of carbonyl (C=O) groups excluding carboxylic acids is 1. The van der Waals surface area contributed by atoms with Crippen LogP contribution in [0.2, 0.25) is 0 Å². The average molecular weight is 309 g/mol. The van der Waals surface area contributed by atoms with Gasteiger partial charge in [-0.05, 0) is 12.1 Å². The highest BCUT2D eigenvalue weighted by Crippen LogP contribution is 2.19. The zero-order valence-electron chi connectivity index (χ0n) is 11.1. The number of halogens is 1. The fraction of sp³-hybridized carbons (Fsp3) is 0.231. The average Bonchev–Trinajstić information content (AvgIpc) is 2.98. The lowest BCUT2D eigenvalue weighted by Crippen LogP contribution is -2.27. The maximum absolute atomic E-state index is 13.5. The van der Waals surface area contributed by atoms with Crippen molar-refractivity contribution < 1.29 is 14.1 Å². The van der Waals surface area contributed by atoms with E-state index in [0.29, 0.717) is 6.54 Å². The van der Waals surface area contributed by atoms with E-state index in [1.54, 1.807) is 6.20 Å². The summed E-state index contributed by atoms with van der Waals surface area (Å²) >= 11 is 1.49. The van der Waals surface area contributed by atoms with Gasteiger partial charge in [0.15, 0.2) is 0 Å². The van der Waals surface area contributed by atoms with Gasteiger partial charge < -0.3 is 5.32 Å². The molecule has 0 spiro atoms. The molecule has 0 aliphatic rings. The van der Waals surface area contributed by atoms with Crippen molar-refractivity contribution in [1.29, 1.82) is 0 Å². The molecule has 0 aliphatic carbocycles. The molecule has 8 heteroatoms. The van der Waals surface area contributed by atoms with Gasteiger partial charge in [0.05, 0.1) is 9.93 Å². The van der Waals surface area contributed by atoms with E-state index in [1.807, 2.05) is 12.3 Å². The summed E-state index contributed by atoms with van der Waals surface area (Å²) in [6, 6.07) is 3.07. The van der Waals surface area contributed by atoms with Crippen molar-refractivity contribution in [2.24, 2.45) is 0 Å². The van der Waals surface area contributed by atoms with Crippen LogP contribution < -0.4 is 5.32 Å². The first-order valence-corrected chi connectivity index (χ1v) is 6.98. The molecular weight excluding hydrogens is 297 g/mol. The second kappa shape index (κ2) is 6.40. The standard InChI is InChI=1S/C13H12FN3O3S/c1-8(13-15-4-5-21-13)7-16-12(18)9-2-3-11(17(19)20)10(14)6-9/h2-6,8H,7H2,1H3,(H,16,18). The largest absolute Gasteiger partial charge is 0.351 e. The first-order valence-electron chi connectivity index (χ1n) is 6.10. The molecule has 1 N–H and O–H groups in total. The van der Waals surface area contributed by atoms with Crippen LogP contribution >= 0.6 is 11.3 Å². The minimum Gasteiger partial charge on any atom is -0.351 e. The van der Waals surface area contributed by atoms with Crippen molar-refractivity contribution in [2.75, 3.05) is 6.54 Å². The van der Waals surface area contributed by atoms with Gasteiger partial charge in [0.25, 0.3) is 5.91 Å². The quantitative estimate of drug-likeness (QED) is 0.679. The highest BCUT2D eigenvalue weighted by atomic mass is 32.1. The summed E-state index contributed by atoms with van der Waals surface area (Å²) in [4.78, 5) is 25.7. The Labute approximate surface area is 123 Å². The van der Waals surface area contributed by atoms with Crippen LogP contribution in [0.5, 0.6) is 0 Å². The van der Waals surface area contributed by atoms with E-state index >= 15 is 0 Å². The fourth-order valence-corrected chi connectivity index (χ4v) is 2.41. The normalized spacial score (nSPS) is 11.9. The van der Waals surface area contributed by atoms with Crippen molar-refractivity contribution >= 4 is 22.9 Å². The van der Waals surface area contributed by atoms with Crippen LogP contribution in [0.1, 0.15) is 28.2 Å². The Balaban J connectivity index is 2.00. The molecule has 0 saturated carbocycles. The Hall–Kier alpha value is -2.35. The molecule has 1 atom stereocenters. The van der Waals surface area contributed by atoms with Gasteiger partial charge in [0.2, 0.25) is 5.82 Å². The third-order valence-electron chi connectivity index (χ3n) is 2.85. The molecule has 1 aromatic carbocycles. The summed E-state index contributed by atoms with van der Waals surface area (Å²) in [5.74, 6) is -1.47. The number of nitrogens with one attached hydrogen (secondary N) is 1. The lowest BCUT2D eigenvalue weighted by molar-refractivity contribution is -0.387. The fourth-order valence-electron chi connectivity index (χ4n) is 1.71. The summed E-state index contributed by atoms with van der Waals surface area (Å²) in [7, 11) is 0. The van der Waals surface area contributed by atoms with E-state index in [2.05, 4.69) is 10.3 Å². The van der Waals surface area contributed by atoms with Crippen molar-refractivity contribution in [2.45, 2.75) is 12.8 Å². The third kappa shape index (κ3) is 3.60. The molecule has 0 fully saturated rings. The Morgan fingerprint density at radius 2 is 2.33 bits per heavy atom. The van der Waals surface area contributed by atoms with Crippen LogP contribution in [0.25, 0.3) is 0 Å². The molecule has 1 heterocycles. The van der Waals surface area contributed by atoms with Gasteiger partial charge in [-0.15, -0.1) is 11.3 Å². The van der Waals surface area contributed by atoms with Crippen molar-refractivity contribution in [3.8, 4) is 0 Å². The van der Waals surface area contributed by atoms with E-state index < -0.39 is 22.3 Å². The van der Waals surface area contributed by atoms with Crippen molar-refractivity contribution in [3.63, 3.8) is 0 Å². The van der Waals surface area contributed by atoms with Crippen molar-refractivity contribution in [3.05, 3.63) is 56.3 Å². The van der Waals surface area contributed by atoms with Gasteiger partial charge in [-0.2, -0.15) is 4.39 Å². The number of nitro groups is 1. The third-order valence-corrected chi connectivity index (χ3v) is 3.86. The molecule has 1 amide bonds. The predicted molar refractivity (Wildman–Crippen MR) is 75.9 cm³/mol. The van der Waals surface area contributed by atoms with Crippen LogP contribution in [-0.2, 0) is 0 Å². The zero-order chi connectivity index (χ0) is 15.4. The highest BCUT2D eigenvalue weighted by Gasteiger charge is 2.17. The van der Waals surface area contributed by atoms with Gasteiger partial charge >= 0.3 is 5.69 Å². The molecule has 1 aromatic heterocycles. The zero-order valence-corrected chi connectivity index (χ0v) is 11.9. The van der Waals surface area contributed by atoms with E-state index in [1.165, 1.54) is 17.4 Å². The molecule has 6 nitrogen and oxygen atoms in total. The molecule has 0 saturated heterocycles. The second-order valence-corrected chi connectivity index (χ2v) is 5.33. The second-order valence-electron chi connectivity index (χ2n) is 4.40. The highest BCUT2D eigenvalue weighted by molar-refractivity contribution is 7.09. The smallest absolute Gasteiger partial charge is 0.304 e. The Bertz CT molecular complexity index is 661. The molecule has 0 bridgehead atoms. The molecule has 0 aliphatic heterocycles. The predicted octanol–water partition coefficient (Wildman–Crippen LogP) is 2.72. The summed E-state index contributed by atoms with van der Waals surface area (Å²) in [5, 5.41) is 15.9. The van der Waals surface area contributed by atoms with E-state index in [9.17, 15) is 19.3 Å². The minimum absolute atomic E-state index is 0.0387. The van der Waals surface area contributed by atoms with Gasteiger partial charge in [0.1, 0.15) is 0 Å². The molecule has 21 heavy (non-hydrogen) atoms. The van der Waals surface area contributed by atoms with Gasteiger partial charge in [-0.1, -0.05) is 6.92 Å². The number of benzene rings is 1. The van der Waals surface area contributed by atoms with Crippen molar-refractivity contribution in [1.82, 2.24) is 10.3 Å². The summed E-state index contributed by atoms with van der Waals surface area (Å²) in [6.07, 6.45) is 1.68. The number of aromatic nitrogens is 1. The van der Waals surface area contributed by atoms with Gasteiger partial charge in [0, 0.05) is 35.7 Å². The Morgan fingerprint density at radius 1 is 1.57 bits per heavy atom. The number of carbonyl (C=O) groups is 1. The van der Waals surface area contributed by atoms with Crippen LogP contribution in [0.4, 0.5) is 10.1 Å². The number of nitro benzene ring substituents is 1. The van der Waals surface area contributed by atoms with Crippen LogP contribution in [0.3, 0.4) is 0 Å². The summed E-state index contributed by atoms with van der Waals surface area (Å²) in [5.41, 5.74) is -0.604. The Morgan fingerprint density at radius 3 is 2.90 bits per heavy atom. The lowest BCUT2D eigenvalue weighted by atomic mass is 10.1. The molecular formula is C13H12FN3O3S. The number of hydrogen-bond acceptors (Lipinski definition) is 5. The monoisotopic (exact) mass is 309 g/mol. The molecule has 2 rings (SSSR count). The molecule has 1 unspecified atom stereocenters. The van der Waals surface area contributed by atoms with Gasteiger partial charge in [-0.3, -0.25) is 14.9 Å². The first kappa shape index (κ1) is 15.0. The number of rotatable bonds is 5. The molecule has 2 aromatic rings. The molecule has 0 radical (unpaired) electrons. The first-order chi connectivity index (χ1) is 9.99. The van der Waals surface area contributed by atoms with Crippen LogP contribution in [0, 0.1) is 15.9 Å². The van der Waals surface area contributed by atoms with Crippen LogP contribution in [-0.4, -0.2) is 22.4 Å². The molecule has 110 valence electrons. The summed E-state index contributed by atoms with van der Waals surface area (Å²) < 4.78 is 13.5. The van der Waals surface area contributed by atoms with E-state index in [0.717, 1.165) is 17.1 Å². The van der Waals surface area contributed by atoms with Crippen LogP contribution in [0.15, 0.2) is 29.8 Å². The number of hydrogen-bond donors (Lipinski definition) is 1. The lowest BCUT2D eigenvalue weighted by Gasteiger charge is -2.10. The minimum atomic E-state index is -1.03.